The van der Waals surface area contributed by atoms with Crippen LogP contribution >= 0.6 is 23.5 Å². The quantitative estimate of drug-likeness (QED) is 0.800. The van der Waals surface area contributed by atoms with Gasteiger partial charge in [-0.25, -0.2) is 0 Å². The Labute approximate surface area is 103 Å². The molecule has 0 amide bonds. The lowest BCUT2D eigenvalue weighted by Crippen LogP contribution is -2.44. The molecule has 2 fully saturated rings. The average molecular weight is 245 g/mol. The zero-order valence-electron chi connectivity index (χ0n) is 9.87. The van der Waals surface area contributed by atoms with Gasteiger partial charge in [0, 0.05) is 28.0 Å². The van der Waals surface area contributed by atoms with Crippen molar-refractivity contribution in [2.24, 2.45) is 5.92 Å². The maximum Gasteiger partial charge on any atom is 0.0317 e. The summed E-state index contributed by atoms with van der Waals surface area (Å²) in [5, 5.41) is 5.41. The van der Waals surface area contributed by atoms with Crippen molar-refractivity contribution in [2.75, 3.05) is 18.1 Å². The summed E-state index contributed by atoms with van der Waals surface area (Å²) in [5.41, 5.74) is 0. The maximum absolute atomic E-state index is 3.72. The molecule has 0 spiro atoms. The Kier molecular flexibility index (Phi) is 4.71. The molecule has 1 heterocycles. The van der Waals surface area contributed by atoms with Gasteiger partial charge >= 0.3 is 0 Å². The van der Waals surface area contributed by atoms with Crippen molar-refractivity contribution in [1.29, 1.82) is 0 Å². The number of hydrogen-bond donors (Lipinski definition) is 1. The van der Waals surface area contributed by atoms with E-state index in [-0.39, 0.29) is 0 Å². The lowest BCUT2D eigenvalue weighted by Gasteiger charge is -2.35. The van der Waals surface area contributed by atoms with Gasteiger partial charge in [-0.15, -0.1) is 0 Å². The second-order valence-electron chi connectivity index (χ2n) is 4.75. The van der Waals surface area contributed by atoms with E-state index in [4.69, 9.17) is 0 Å². The van der Waals surface area contributed by atoms with E-state index in [9.17, 15) is 0 Å². The van der Waals surface area contributed by atoms with Gasteiger partial charge in [-0.2, -0.15) is 23.5 Å². The Morgan fingerprint density at radius 1 is 1.27 bits per heavy atom. The van der Waals surface area contributed by atoms with Crippen LogP contribution in [0.2, 0.25) is 0 Å². The first kappa shape index (κ1) is 12.1. The smallest absolute Gasteiger partial charge is 0.0317 e. The van der Waals surface area contributed by atoms with Crippen molar-refractivity contribution in [3.63, 3.8) is 0 Å². The van der Waals surface area contributed by atoms with Gasteiger partial charge in [-0.05, 0) is 18.9 Å². The van der Waals surface area contributed by atoms with E-state index in [0.717, 1.165) is 29.0 Å². The molecule has 1 N–H and O–H groups in total. The van der Waals surface area contributed by atoms with Crippen LogP contribution in [0.3, 0.4) is 0 Å². The van der Waals surface area contributed by atoms with E-state index >= 15 is 0 Å². The van der Waals surface area contributed by atoms with E-state index < -0.39 is 0 Å². The molecule has 0 aromatic heterocycles. The average Bonchev–Trinajstić information content (AvgIpc) is 3.02. The molecular formula is C12H23NS2. The Balaban J connectivity index is 1.88. The van der Waals surface area contributed by atoms with Crippen LogP contribution in [0.25, 0.3) is 0 Å². The molecule has 1 aliphatic heterocycles. The highest BCUT2D eigenvalue weighted by molar-refractivity contribution is 8.07. The first-order chi connectivity index (χ1) is 7.31. The summed E-state index contributed by atoms with van der Waals surface area (Å²) >= 11 is 4.37. The fraction of sp³-hybridized carbons (Fsp3) is 1.00. The van der Waals surface area contributed by atoms with Crippen LogP contribution in [0, 0.1) is 5.92 Å². The summed E-state index contributed by atoms with van der Waals surface area (Å²) in [6.07, 6.45) is 4.40. The Morgan fingerprint density at radius 2 is 2.00 bits per heavy atom. The number of hydrogen-bond acceptors (Lipinski definition) is 3. The van der Waals surface area contributed by atoms with Crippen LogP contribution in [0.1, 0.15) is 33.1 Å². The Hall–Kier alpha value is 0.660. The topological polar surface area (TPSA) is 12.0 Å². The summed E-state index contributed by atoms with van der Waals surface area (Å²) in [5.74, 6) is 3.75. The lowest BCUT2D eigenvalue weighted by atomic mass is 10.0. The van der Waals surface area contributed by atoms with Gasteiger partial charge in [0.2, 0.25) is 0 Å². The highest BCUT2D eigenvalue weighted by atomic mass is 32.2. The van der Waals surface area contributed by atoms with Crippen LogP contribution in [-0.4, -0.2) is 34.6 Å². The van der Waals surface area contributed by atoms with Gasteiger partial charge in [0.15, 0.2) is 0 Å². The summed E-state index contributed by atoms with van der Waals surface area (Å²) in [6.45, 7) is 5.79. The van der Waals surface area contributed by atoms with Crippen molar-refractivity contribution in [2.45, 2.75) is 49.7 Å². The number of nitrogens with one attached hydrogen (secondary N) is 1. The largest absolute Gasteiger partial charge is 0.313 e. The summed E-state index contributed by atoms with van der Waals surface area (Å²) in [6, 6.07) is 0.773. The van der Waals surface area contributed by atoms with Crippen LogP contribution in [0.5, 0.6) is 0 Å². The molecule has 88 valence electrons. The molecule has 1 saturated carbocycles. The van der Waals surface area contributed by atoms with Crippen LogP contribution in [0.4, 0.5) is 0 Å². The summed E-state index contributed by atoms with van der Waals surface area (Å²) in [7, 11) is 0. The number of thioether (sulfide) groups is 2. The summed E-state index contributed by atoms with van der Waals surface area (Å²) in [4.78, 5) is 0. The molecule has 15 heavy (non-hydrogen) atoms. The van der Waals surface area contributed by atoms with E-state index in [1.807, 2.05) is 0 Å². The maximum atomic E-state index is 3.72. The fourth-order valence-corrected chi connectivity index (χ4v) is 5.38. The van der Waals surface area contributed by atoms with E-state index in [1.165, 1.54) is 30.8 Å². The predicted molar refractivity (Wildman–Crippen MR) is 73.0 cm³/mol. The first-order valence-corrected chi connectivity index (χ1v) is 8.37. The monoisotopic (exact) mass is 245 g/mol. The minimum atomic E-state index is 0.773. The van der Waals surface area contributed by atoms with Gasteiger partial charge in [-0.3, -0.25) is 0 Å². The third-order valence-corrected chi connectivity index (χ3v) is 6.64. The molecule has 2 aliphatic rings. The van der Waals surface area contributed by atoms with Crippen molar-refractivity contribution in [3.05, 3.63) is 0 Å². The Morgan fingerprint density at radius 3 is 2.60 bits per heavy atom. The lowest BCUT2D eigenvalue weighted by molar-refractivity contribution is 0.451. The van der Waals surface area contributed by atoms with Gasteiger partial charge in [0.05, 0.1) is 0 Å². The van der Waals surface area contributed by atoms with Crippen LogP contribution < -0.4 is 5.32 Å². The SMILES string of the molecule is CCNC(CC1CC1)C1SCCSC1C. The van der Waals surface area contributed by atoms with Crippen molar-refractivity contribution < 1.29 is 0 Å². The molecule has 3 atom stereocenters. The zero-order chi connectivity index (χ0) is 10.7. The molecule has 0 aromatic carbocycles. The third kappa shape index (κ3) is 3.57. The standard InChI is InChI=1S/C12H23NS2/c1-3-13-11(8-10-4-5-10)12-9(2)14-6-7-15-12/h9-13H,3-8H2,1-2H3. The van der Waals surface area contributed by atoms with Crippen molar-refractivity contribution >= 4 is 23.5 Å². The molecule has 1 aliphatic carbocycles. The second kappa shape index (κ2) is 5.83. The van der Waals surface area contributed by atoms with E-state index in [2.05, 4.69) is 42.7 Å². The molecular weight excluding hydrogens is 222 g/mol. The van der Waals surface area contributed by atoms with Gasteiger partial charge in [0.25, 0.3) is 0 Å². The van der Waals surface area contributed by atoms with Crippen LogP contribution in [0.15, 0.2) is 0 Å². The minimum absolute atomic E-state index is 0.773. The summed E-state index contributed by atoms with van der Waals surface area (Å²) < 4.78 is 0. The minimum Gasteiger partial charge on any atom is -0.313 e. The van der Waals surface area contributed by atoms with Crippen molar-refractivity contribution in [1.82, 2.24) is 5.32 Å². The third-order valence-electron chi connectivity index (χ3n) is 3.38. The highest BCUT2D eigenvalue weighted by Crippen LogP contribution is 2.39. The normalized spacial score (nSPS) is 34.0. The molecule has 1 saturated heterocycles. The Bertz CT molecular complexity index is 194. The molecule has 3 unspecified atom stereocenters. The van der Waals surface area contributed by atoms with Crippen LogP contribution in [-0.2, 0) is 0 Å². The highest BCUT2D eigenvalue weighted by Gasteiger charge is 2.34. The molecule has 0 bridgehead atoms. The predicted octanol–water partition coefficient (Wildman–Crippen LogP) is 3.00. The van der Waals surface area contributed by atoms with E-state index in [1.54, 1.807) is 0 Å². The van der Waals surface area contributed by atoms with Crippen molar-refractivity contribution in [3.8, 4) is 0 Å². The molecule has 3 heteroatoms. The zero-order valence-corrected chi connectivity index (χ0v) is 11.5. The van der Waals surface area contributed by atoms with Gasteiger partial charge in [-0.1, -0.05) is 26.7 Å². The fourth-order valence-electron chi connectivity index (χ4n) is 2.40. The van der Waals surface area contributed by atoms with Gasteiger partial charge < -0.3 is 5.32 Å². The first-order valence-electron chi connectivity index (χ1n) is 6.28. The molecule has 2 rings (SSSR count). The molecule has 0 aromatic rings. The van der Waals surface area contributed by atoms with E-state index in [0.29, 0.717) is 0 Å². The second-order valence-corrected chi connectivity index (χ2v) is 7.53. The van der Waals surface area contributed by atoms with Gasteiger partial charge in [0.1, 0.15) is 0 Å². The molecule has 1 nitrogen and oxygen atoms in total. The molecule has 0 radical (unpaired) electrons. The number of rotatable bonds is 5.